The summed E-state index contributed by atoms with van der Waals surface area (Å²) in [5.41, 5.74) is 3.10. The van der Waals surface area contributed by atoms with E-state index in [4.69, 9.17) is 25.2 Å². The van der Waals surface area contributed by atoms with Gasteiger partial charge in [0.2, 0.25) is 0 Å². The molecule has 0 heterocycles. The molecule has 2 aromatic carbocycles. The summed E-state index contributed by atoms with van der Waals surface area (Å²) < 4.78 is 5.70. The predicted molar refractivity (Wildman–Crippen MR) is 224 cm³/mol. The number of rotatable bonds is 13. The molecule has 8 N–H and O–H groups in total. The first-order chi connectivity index (χ1) is 23.4. The average molecular weight is 804 g/mol. The van der Waals surface area contributed by atoms with Crippen molar-refractivity contribution in [1.29, 1.82) is 0 Å². The molecule has 0 fully saturated rings. The van der Waals surface area contributed by atoms with Crippen molar-refractivity contribution in [3.05, 3.63) is 46.5 Å². The molecule has 0 aromatic heterocycles. The van der Waals surface area contributed by atoms with Gasteiger partial charge < -0.3 is 45.8 Å². The van der Waals surface area contributed by atoms with E-state index in [1.54, 1.807) is 30.6 Å². The van der Waals surface area contributed by atoms with E-state index in [-0.39, 0.29) is 52.4 Å². The Hall–Kier alpha value is -1.68. The van der Waals surface area contributed by atoms with E-state index < -0.39 is 37.0 Å². The highest BCUT2D eigenvalue weighted by Gasteiger charge is 2.33. The number of carboxylic acids is 1. The standard InChI is InChI=1S/C33H50O4S2.C7H17NO5.H2S/c1-29(2,3)22-15-20(16-23(27(22)36)30(4,5)6)38-33(13,14)39-21-17-24(31(7,8)9)28(37-19-26(34)35)25(18-21)32(10,11)12;1-8-2-4(10)6(12)7(13)5(11)3-9;/h15-18,36H,19H2,1-14H3,(H,34,35);4-13H,2-3H2,1H3;1H2/t;4-,5+,6+,7+;/m.0./s1. The van der Waals surface area contributed by atoms with Crippen LogP contribution in [0.5, 0.6) is 11.5 Å². The first-order valence-corrected chi connectivity index (χ1v) is 19.3. The van der Waals surface area contributed by atoms with Crippen molar-refractivity contribution in [3.8, 4) is 11.5 Å². The number of ether oxygens (including phenoxy) is 1. The summed E-state index contributed by atoms with van der Waals surface area (Å²) >= 11 is 3.59. The Morgan fingerprint density at radius 3 is 1.32 bits per heavy atom. The van der Waals surface area contributed by atoms with Gasteiger partial charge in [-0.15, -0.1) is 23.5 Å². The number of aliphatic carboxylic acids is 1. The van der Waals surface area contributed by atoms with Crippen LogP contribution in [0.4, 0.5) is 0 Å². The van der Waals surface area contributed by atoms with Crippen LogP contribution >= 0.6 is 37.0 Å². The van der Waals surface area contributed by atoms with Crippen LogP contribution < -0.4 is 10.1 Å². The number of carbonyl (C=O) groups is 1. The molecule has 13 heteroatoms. The molecule has 0 aliphatic carbocycles. The lowest BCUT2D eigenvalue weighted by atomic mass is 9.79. The van der Waals surface area contributed by atoms with Gasteiger partial charge >= 0.3 is 5.97 Å². The third-order valence-electron chi connectivity index (χ3n) is 8.18. The van der Waals surface area contributed by atoms with Crippen molar-refractivity contribution in [2.75, 3.05) is 26.8 Å². The van der Waals surface area contributed by atoms with Crippen molar-refractivity contribution < 1.29 is 45.3 Å². The Kier molecular flexibility index (Phi) is 19.3. The molecule has 0 aliphatic rings. The third kappa shape index (κ3) is 15.8. The molecule has 53 heavy (non-hydrogen) atoms. The smallest absolute Gasteiger partial charge is 0.341 e. The Labute approximate surface area is 334 Å². The topological polar surface area (TPSA) is 180 Å². The second kappa shape index (κ2) is 20.0. The molecule has 0 aliphatic heterocycles. The van der Waals surface area contributed by atoms with Crippen molar-refractivity contribution in [2.24, 2.45) is 0 Å². The number of phenols is 1. The van der Waals surface area contributed by atoms with Crippen LogP contribution in [0.25, 0.3) is 0 Å². The molecule has 0 saturated heterocycles. The summed E-state index contributed by atoms with van der Waals surface area (Å²) in [6, 6.07) is 8.61. The summed E-state index contributed by atoms with van der Waals surface area (Å²) in [5, 5.41) is 68.0. The number of aliphatic hydroxyl groups excluding tert-OH is 5. The highest BCUT2D eigenvalue weighted by molar-refractivity contribution is 8.18. The number of aliphatic hydroxyl groups is 5. The first kappa shape index (κ1) is 51.3. The molecule has 10 nitrogen and oxygen atoms in total. The van der Waals surface area contributed by atoms with Gasteiger partial charge in [0.25, 0.3) is 0 Å². The fourth-order valence-corrected chi connectivity index (χ4v) is 7.94. The van der Waals surface area contributed by atoms with Gasteiger partial charge in [-0.3, -0.25) is 0 Å². The molecule has 0 amide bonds. The SMILES string of the molecule is CC(C)(Sc1cc(C(C)(C)C)c(O)c(C(C)(C)C)c1)Sc1cc(C(C)(C)C)c(OCC(=O)O)c(C(C)(C)C)c1.CNC[C@H](O)[C@@H](O)[C@H](O)[C@H](O)CO.S. The summed E-state index contributed by atoms with van der Waals surface area (Å²) in [7, 11) is 1.57. The van der Waals surface area contributed by atoms with Crippen molar-refractivity contribution in [2.45, 2.75) is 157 Å². The van der Waals surface area contributed by atoms with Crippen LogP contribution in [0.15, 0.2) is 34.1 Å². The minimum atomic E-state index is -1.55. The molecule has 2 aromatic rings. The van der Waals surface area contributed by atoms with Gasteiger partial charge in [0.05, 0.1) is 16.8 Å². The van der Waals surface area contributed by atoms with Crippen molar-refractivity contribution >= 4 is 43.0 Å². The second-order valence-corrected chi connectivity index (χ2v) is 21.5. The maximum atomic E-state index is 11.4. The van der Waals surface area contributed by atoms with Crippen LogP contribution in [-0.4, -0.2) is 97.0 Å². The Bertz CT molecular complexity index is 1400. The molecule has 306 valence electrons. The zero-order valence-corrected chi connectivity index (χ0v) is 37.1. The number of phenolic OH excluding ortho intramolecular Hbond substituents is 1. The molecule has 0 saturated carbocycles. The summed E-state index contributed by atoms with van der Waals surface area (Å²) in [6.07, 6.45) is -5.65. The van der Waals surface area contributed by atoms with Crippen LogP contribution in [0.3, 0.4) is 0 Å². The molecular weight excluding hydrogens is 735 g/mol. The van der Waals surface area contributed by atoms with Gasteiger partial charge in [0.15, 0.2) is 6.61 Å². The molecular formula is C40H69NO9S3. The van der Waals surface area contributed by atoms with Crippen LogP contribution in [0.2, 0.25) is 0 Å². The zero-order chi connectivity index (χ0) is 40.8. The number of hydrogen-bond donors (Lipinski definition) is 8. The third-order valence-corrected chi connectivity index (χ3v) is 10.6. The monoisotopic (exact) mass is 803 g/mol. The lowest BCUT2D eigenvalue weighted by Crippen LogP contribution is -2.48. The van der Waals surface area contributed by atoms with E-state index in [9.17, 15) is 20.1 Å². The van der Waals surface area contributed by atoms with E-state index in [1.165, 1.54) is 0 Å². The van der Waals surface area contributed by atoms with Crippen LogP contribution in [-0.2, 0) is 26.5 Å². The fraction of sp³-hybridized carbons (Fsp3) is 0.675. The number of likely N-dealkylation sites (N-methyl/N-ethyl adjacent to an activating group) is 1. The predicted octanol–water partition coefficient (Wildman–Crippen LogP) is 6.42. The number of carboxylic acid groups (broad SMARTS) is 1. The molecule has 2 rings (SSSR count). The summed E-state index contributed by atoms with van der Waals surface area (Å²) in [6.45, 7) is 29.1. The lowest BCUT2D eigenvalue weighted by Gasteiger charge is -2.32. The van der Waals surface area contributed by atoms with Gasteiger partial charge in [-0.25, -0.2) is 4.79 Å². The summed E-state index contributed by atoms with van der Waals surface area (Å²) in [5.74, 6) is 0.0885. The van der Waals surface area contributed by atoms with E-state index in [0.29, 0.717) is 11.5 Å². The molecule has 0 spiro atoms. The molecule has 0 radical (unpaired) electrons. The average Bonchev–Trinajstić information content (AvgIpc) is 2.97. The number of thioether (sulfide) groups is 2. The van der Waals surface area contributed by atoms with Gasteiger partial charge in [0.1, 0.15) is 29.8 Å². The maximum absolute atomic E-state index is 11.4. The fourth-order valence-electron chi connectivity index (χ4n) is 5.36. The van der Waals surface area contributed by atoms with E-state index >= 15 is 0 Å². The van der Waals surface area contributed by atoms with Crippen LogP contribution in [0, 0.1) is 0 Å². The van der Waals surface area contributed by atoms with Gasteiger partial charge in [0, 0.05) is 38.6 Å². The largest absolute Gasteiger partial charge is 0.507 e. The number of aromatic hydroxyl groups is 1. The summed E-state index contributed by atoms with van der Waals surface area (Å²) in [4.78, 5) is 13.6. The van der Waals surface area contributed by atoms with E-state index in [1.807, 2.05) is 0 Å². The van der Waals surface area contributed by atoms with Crippen LogP contribution in [0.1, 0.15) is 119 Å². The molecule has 0 unspecified atom stereocenters. The van der Waals surface area contributed by atoms with Crippen molar-refractivity contribution in [3.63, 3.8) is 0 Å². The van der Waals surface area contributed by atoms with Gasteiger partial charge in [-0.2, -0.15) is 13.5 Å². The van der Waals surface area contributed by atoms with E-state index in [0.717, 1.165) is 32.0 Å². The quantitative estimate of drug-likeness (QED) is 0.0824. The normalized spacial score (nSPS) is 15.0. The lowest BCUT2D eigenvalue weighted by molar-refractivity contribution is -0.139. The Morgan fingerprint density at radius 2 is 1.02 bits per heavy atom. The second-order valence-electron chi connectivity index (χ2n) is 17.9. The number of nitrogens with one attached hydrogen (secondary N) is 1. The number of hydrogen-bond acceptors (Lipinski definition) is 11. The Morgan fingerprint density at radius 1 is 0.679 bits per heavy atom. The first-order valence-electron chi connectivity index (χ1n) is 17.6. The molecule has 4 atom stereocenters. The number of benzene rings is 2. The van der Waals surface area contributed by atoms with Gasteiger partial charge in [-0.05, 0) is 66.8 Å². The van der Waals surface area contributed by atoms with Crippen molar-refractivity contribution in [1.82, 2.24) is 5.32 Å². The van der Waals surface area contributed by atoms with E-state index in [2.05, 4.69) is 127 Å². The highest BCUT2D eigenvalue weighted by Crippen LogP contribution is 2.51. The zero-order valence-electron chi connectivity index (χ0n) is 34.5. The Balaban J connectivity index is 0.00000164. The minimum Gasteiger partial charge on any atom is -0.507 e. The molecule has 0 bridgehead atoms. The minimum absolute atomic E-state index is 0. The highest BCUT2D eigenvalue weighted by atomic mass is 32.2. The maximum Gasteiger partial charge on any atom is 0.341 e. The van der Waals surface area contributed by atoms with Gasteiger partial charge in [-0.1, -0.05) is 83.1 Å².